The number of anilines is 1. The van der Waals surface area contributed by atoms with Gasteiger partial charge in [0.25, 0.3) is 5.91 Å². The molecule has 0 radical (unpaired) electrons. The second-order valence-corrected chi connectivity index (χ2v) is 5.91. The first-order valence-electron chi connectivity index (χ1n) is 7.28. The van der Waals surface area contributed by atoms with Crippen LogP contribution in [0.25, 0.3) is 11.3 Å². The van der Waals surface area contributed by atoms with Crippen molar-refractivity contribution in [3.8, 4) is 11.3 Å². The second kappa shape index (κ2) is 7.42. The highest BCUT2D eigenvalue weighted by Gasteiger charge is 2.10. The molecule has 0 aliphatic heterocycles. The van der Waals surface area contributed by atoms with E-state index in [0.29, 0.717) is 38.4 Å². The van der Waals surface area contributed by atoms with Gasteiger partial charge in [-0.2, -0.15) is 5.10 Å². The van der Waals surface area contributed by atoms with Crippen molar-refractivity contribution in [3.05, 3.63) is 76.0 Å². The van der Waals surface area contributed by atoms with Crippen LogP contribution in [0.2, 0.25) is 10.0 Å². The summed E-state index contributed by atoms with van der Waals surface area (Å²) < 4.78 is 5.65. The number of amides is 1. The van der Waals surface area contributed by atoms with Crippen molar-refractivity contribution in [2.24, 2.45) is 5.10 Å². The second-order valence-electron chi connectivity index (χ2n) is 5.12. The lowest BCUT2D eigenvalue weighted by Crippen LogP contribution is -2.17. The number of nitrogens with one attached hydrogen (secondary N) is 1. The summed E-state index contributed by atoms with van der Waals surface area (Å²) in [6.07, 6.45) is 1.40. The molecule has 0 atom stereocenters. The molecular formula is C18H13Cl2N3O2. The largest absolute Gasteiger partial charge is 0.455 e. The van der Waals surface area contributed by atoms with Crippen molar-refractivity contribution >= 4 is 41.0 Å². The van der Waals surface area contributed by atoms with Gasteiger partial charge in [0.1, 0.15) is 11.5 Å². The third-order valence-electron chi connectivity index (χ3n) is 3.37. The van der Waals surface area contributed by atoms with E-state index in [1.807, 2.05) is 0 Å². The Balaban J connectivity index is 1.69. The number of carbonyl (C=O) groups is 1. The number of furan rings is 1. The zero-order chi connectivity index (χ0) is 17.8. The highest BCUT2D eigenvalue weighted by Crippen LogP contribution is 2.34. The van der Waals surface area contributed by atoms with Crippen molar-refractivity contribution in [1.82, 2.24) is 5.43 Å². The Morgan fingerprint density at radius 3 is 2.60 bits per heavy atom. The molecule has 2 aromatic carbocycles. The predicted molar refractivity (Wildman–Crippen MR) is 100 cm³/mol. The maximum atomic E-state index is 11.9. The van der Waals surface area contributed by atoms with E-state index in [1.165, 1.54) is 6.21 Å². The fraction of sp³-hybridized carbons (Fsp3) is 0. The first-order chi connectivity index (χ1) is 12.0. The Kier molecular flexibility index (Phi) is 5.07. The van der Waals surface area contributed by atoms with Crippen LogP contribution in [0.1, 0.15) is 16.1 Å². The van der Waals surface area contributed by atoms with Crippen molar-refractivity contribution in [1.29, 1.82) is 0 Å². The highest BCUT2D eigenvalue weighted by molar-refractivity contribution is 6.43. The van der Waals surface area contributed by atoms with E-state index in [0.717, 1.165) is 0 Å². The number of nitrogen functional groups attached to an aromatic ring is 1. The minimum Gasteiger partial charge on any atom is -0.455 e. The van der Waals surface area contributed by atoms with Crippen LogP contribution >= 0.6 is 23.2 Å². The van der Waals surface area contributed by atoms with Gasteiger partial charge in [0.2, 0.25) is 0 Å². The molecule has 3 rings (SSSR count). The summed E-state index contributed by atoms with van der Waals surface area (Å²) in [6, 6.07) is 15.3. The van der Waals surface area contributed by atoms with Crippen LogP contribution in [0.3, 0.4) is 0 Å². The average molecular weight is 374 g/mol. The predicted octanol–water partition coefficient (Wildman–Crippen LogP) is 4.60. The Hall–Kier alpha value is -2.76. The fourth-order valence-corrected chi connectivity index (χ4v) is 2.51. The minimum absolute atomic E-state index is 0.346. The van der Waals surface area contributed by atoms with Gasteiger partial charge in [-0.3, -0.25) is 4.79 Å². The molecule has 0 aliphatic carbocycles. The first-order valence-corrected chi connectivity index (χ1v) is 8.03. The van der Waals surface area contributed by atoms with Crippen molar-refractivity contribution in [2.75, 3.05) is 5.73 Å². The summed E-state index contributed by atoms with van der Waals surface area (Å²) in [6.45, 7) is 0. The molecule has 0 fully saturated rings. The number of nitrogens with two attached hydrogens (primary N) is 1. The van der Waals surface area contributed by atoms with Gasteiger partial charge in [-0.25, -0.2) is 5.43 Å². The Labute approximate surface area is 154 Å². The fourth-order valence-electron chi connectivity index (χ4n) is 2.11. The van der Waals surface area contributed by atoms with E-state index in [9.17, 15) is 4.79 Å². The molecule has 7 heteroatoms. The molecule has 1 aromatic heterocycles. The van der Waals surface area contributed by atoms with E-state index in [2.05, 4.69) is 10.5 Å². The van der Waals surface area contributed by atoms with Crippen LogP contribution < -0.4 is 11.2 Å². The molecule has 0 saturated heterocycles. The number of nitrogens with zero attached hydrogens (tertiary/aromatic N) is 1. The molecule has 1 amide bonds. The maximum Gasteiger partial charge on any atom is 0.271 e. The van der Waals surface area contributed by atoms with Crippen LogP contribution in [0.5, 0.6) is 0 Å². The van der Waals surface area contributed by atoms with Gasteiger partial charge in [-0.1, -0.05) is 29.3 Å². The highest BCUT2D eigenvalue weighted by atomic mass is 35.5. The van der Waals surface area contributed by atoms with Gasteiger partial charge in [0.15, 0.2) is 0 Å². The molecule has 5 nitrogen and oxygen atoms in total. The normalized spacial score (nSPS) is 11.0. The van der Waals surface area contributed by atoms with E-state index < -0.39 is 0 Å². The molecule has 126 valence electrons. The van der Waals surface area contributed by atoms with Crippen molar-refractivity contribution < 1.29 is 9.21 Å². The number of halogens is 2. The van der Waals surface area contributed by atoms with Gasteiger partial charge in [0, 0.05) is 16.8 Å². The molecular weight excluding hydrogens is 361 g/mol. The summed E-state index contributed by atoms with van der Waals surface area (Å²) in [5.74, 6) is 0.670. The zero-order valence-corrected chi connectivity index (χ0v) is 14.4. The Bertz CT molecular complexity index is 934. The molecule has 3 N–H and O–H groups in total. The van der Waals surface area contributed by atoms with Crippen molar-refractivity contribution in [3.63, 3.8) is 0 Å². The third-order valence-corrected chi connectivity index (χ3v) is 4.19. The summed E-state index contributed by atoms with van der Waals surface area (Å²) in [4.78, 5) is 11.9. The van der Waals surface area contributed by atoms with Gasteiger partial charge >= 0.3 is 0 Å². The van der Waals surface area contributed by atoms with Gasteiger partial charge < -0.3 is 10.2 Å². The van der Waals surface area contributed by atoms with E-state index in [1.54, 1.807) is 54.6 Å². The SMILES string of the molecule is Nc1ccc(C(=O)N/N=C\c2ccc(-c3cccc(Cl)c3Cl)o2)cc1. The number of carbonyl (C=O) groups excluding carboxylic acids is 1. The van der Waals surface area contributed by atoms with Gasteiger partial charge in [0.05, 0.1) is 16.3 Å². The molecule has 0 aliphatic rings. The quantitative estimate of drug-likeness (QED) is 0.398. The Morgan fingerprint density at radius 2 is 1.84 bits per heavy atom. The molecule has 1 heterocycles. The monoisotopic (exact) mass is 373 g/mol. The van der Waals surface area contributed by atoms with E-state index >= 15 is 0 Å². The third kappa shape index (κ3) is 4.02. The molecule has 0 bridgehead atoms. The molecule has 25 heavy (non-hydrogen) atoms. The number of hydrogen-bond acceptors (Lipinski definition) is 4. The number of hydrazone groups is 1. The Morgan fingerprint density at radius 1 is 1.08 bits per heavy atom. The smallest absolute Gasteiger partial charge is 0.271 e. The maximum absolute atomic E-state index is 11.9. The average Bonchev–Trinajstić information content (AvgIpc) is 3.06. The molecule has 0 spiro atoms. The lowest BCUT2D eigenvalue weighted by atomic mass is 10.2. The summed E-state index contributed by atoms with van der Waals surface area (Å²) in [7, 11) is 0. The number of hydrogen-bond donors (Lipinski definition) is 2. The van der Waals surface area contributed by atoms with Gasteiger partial charge in [-0.15, -0.1) is 0 Å². The first kappa shape index (κ1) is 17.1. The van der Waals surface area contributed by atoms with Crippen LogP contribution in [0, 0.1) is 0 Å². The van der Waals surface area contributed by atoms with Crippen LogP contribution in [0.4, 0.5) is 5.69 Å². The summed E-state index contributed by atoms with van der Waals surface area (Å²) >= 11 is 12.2. The lowest BCUT2D eigenvalue weighted by molar-refractivity contribution is 0.0955. The van der Waals surface area contributed by atoms with E-state index in [-0.39, 0.29) is 5.91 Å². The molecule has 0 unspecified atom stereocenters. The van der Waals surface area contributed by atoms with E-state index in [4.69, 9.17) is 33.4 Å². The summed E-state index contributed by atoms with van der Waals surface area (Å²) in [5.41, 5.74) is 9.72. The number of rotatable bonds is 4. The van der Waals surface area contributed by atoms with Crippen LogP contribution in [-0.4, -0.2) is 12.1 Å². The van der Waals surface area contributed by atoms with Crippen LogP contribution in [-0.2, 0) is 0 Å². The molecule has 0 saturated carbocycles. The number of benzene rings is 2. The van der Waals surface area contributed by atoms with Crippen LogP contribution in [0.15, 0.2) is 64.1 Å². The van der Waals surface area contributed by atoms with Gasteiger partial charge in [-0.05, 0) is 48.5 Å². The minimum atomic E-state index is -0.346. The zero-order valence-electron chi connectivity index (χ0n) is 12.9. The van der Waals surface area contributed by atoms with Crippen molar-refractivity contribution in [2.45, 2.75) is 0 Å². The topological polar surface area (TPSA) is 80.6 Å². The lowest BCUT2D eigenvalue weighted by Gasteiger charge is -2.02. The molecule has 3 aromatic rings. The standard InChI is InChI=1S/C18H13Cl2N3O2/c19-15-3-1-2-14(17(15)20)16-9-8-13(25-16)10-22-23-18(24)11-4-6-12(21)7-5-11/h1-10H,21H2,(H,23,24)/b22-10-. The summed E-state index contributed by atoms with van der Waals surface area (Å²) in [5, 5.41) is 4.74.